The molecule has 0 aliphatic carbocycles. The van der Waals surface area contributed by atoms with Crippen LogP contribution < -0.4 is 0 Å². The van der Waals surface area contributed by atoms with E-state index >= 15 is 0 Å². The van der Waals surface area contributed by atoms with Crippen LogP contribution >= 0.6 is 11.8 Å². The zero-order chi connectivity index (χ0) is 23.7. The Balaban J connectivity index is 1.76. The summed E-state index contributed by atoms with van der Waals surface area (Å²) in [6.07, 6.45) is 0. The van der Waals surface area contributed by atoms with Gasteiger partial charge < -0.3 is 4.57 Å². The number of hydrogen-bond donors (Lipinski definition) is 0. The zero-order valence-corrected chi connectivity index (χ0v) is 19.3. The van der Waals surface area contributed by atoms with Gasteiger partial charge in [0.25, 0.3) is 11.8 Å². The van der Waals surface area contributed by atoms with Gasteiger partial charge in [0, 0.05) is 17.0 Å². The number of carbonyl (C=O) groups is 2. The number of amides is 2. The van der Waals surface area contributed by atoms with Crippen LogP contribution in [-0.4, -0.2) is 26.3 Å². The molecule has 1 aromatic heterocycles. The molecule has 0 bridgehead atoms. The van der Waals surface area contributed by atoms with Gasteiger partial charge >= 0.3 is 0 Å². The number of benzene rings is 2. The molecule has 4 rings (SSSR count). The van der Waals surface area contributed by atoms with Crippen molar-refractivity contribution in [2.24, 2.45) is 0 Å². The first-order valence-corrected chi connectivity index (χ1v) is 11.4. The lowest BCUT2D eigenvalue weighted by Crippen LogP contribution is -2.33. The highest BCUT2D eigenvalue weighted by atomic mass is 32.2. The highest BCUT2D eigenvalue weighted by Gasteiger charge is 2.35. The Kier molecular flexibility index (Phi) is 6.04. The molecule has 3 aromatic rings. The first-order chi connectivity index (χ1) is 15.9. The highest BCUT2D eigenvalue weighted by Crippen LogP contribution is 2.36. The van der Waals surface area contributed by atoms with Gasteiger partial charge in [0.05, 0.1) is 35.5 Å². The molecule has 1 aliphatic rings. The molecule has 0 radical (unpaired) electrons. The van der Waals surface area contributed by atoms with E-state index in [4.69, 9.17) is 0 Å². The minimum Gasteiger partial charge on any atom is -0.315 e. The van der Waals surface area contributed by atoms with Gasteiger partial charge in [-0.2, -0.15) is 10.5 Å². The maximum Gasteiger partial charge on any atom is 0.297 e. The molecule has 2 amide bonds. The van der Waals surface area contributed by atoms with Gasteiger partial charge in [0.15, 0.2) is 0 Å². The number of nitriles is 2. The third-order valence-electron chi connectivity index (χ3n) is 5.45. The lowest BCUT2D eigenvalue weighted by molar-refractivity contribution is 0.0619. The van der Waals surface area contributed by atoms with Crippen molar-refractivity contribution in [3.8, 4) is 12.1 Å². The molecule has 0 spiro atoms. The van der Waals surface area contributed by atoms with Crippen molar-refractivity contribution in [2.45, 2.75) is 49.7 Å². The van der Waals surface area contributed by atoms with Crippen molar-refractivity contribution in [3.63, 3.8) is 0 Å². The molecule has 0 fully saturated rings. The van der Waals surface area contributed by atoms with E-state index < -0.39 is 5.91 Å². The van der Waals surface area contributed by atoms with Crippen LogP contribution in [0, 0.1) is 22.7 Å². The third kappa shape index (κ3) is 4.02. The topological polar surface area (TPSA) is 103 Å². The normalized spacial score (nSPS) is 12.5. The van der Waals surface area contributed by atoms with Crippen LogP contribution in [0.5, 0.6) is 0 Å². The molecule has 1 aliphatic heterocycles. The minimum absolute atomic E-state index is 0.0212. The fourth-order valence-electron chi connectivity index (χ4n) is 3.83. The maximum absolute atomic E-state index is 13.5. The number of aromatic nitrogens is 2. The van der Waals surface area contributed by atoms with Gasteiger partial charge in [0.2, 0.25) is 5.82 Å². The van der Waals surface area contributed by atoms with Crippen LogP contribution in [0.25, 0.3) is 0 Å². The predicted molar refractivity (Wildman–Crippen MR) is 123 cm³/mol. The van der Waals surface area contributed by atoms with E-state index in [1.807, 2.05) is 37.5 Å². The standard InChI is InChI=1S/C25H21N5O2S/c1-4-29-22(24(32)30-14-18-7-5-6-8-20(18)23(30)31)28-21(15(2)3)25(29)33-19-10-16(12-26)9-17(11-19)13-27/h5-11,15H,4,14H2,1-3H3. The Hall–Kier alpha value is -3.88. The molecule has 2 heterocycles. The number of hydrogen-bond acceptors (Lipinski definition) is 6. The lowest BCUT2D eigenvalue weighted by Gasteiger charge is -2.15. The molecule has 0 unspecified atom stereocenters. The molecule has 7 nitrogen and oxygen atoms in total. The molecular formula is C25H21N5O2S. The van der Waals surface area contributed by atoms with Crippen molar-refractivity contribution in [3.05, 3.63) is 76.2 Å². The maximum atomic E-state index is 13.5. The van der Waals surface area contributed by atoms with Crippen molar-refractivity contribution in [2.75, 3.05) is 0 Å². The molecule has 0 N–H and O–H groups in total. The largest absolute Gasteiger partial charge is 0.315 e. The third-order valence-corrected chi connectivity index (χ3v) is 6.54. The number of fused-ring (bicyclic) bond motifs is 1. The average Bonchev–Trinajstić information content (AvgIpc) is 3.36. The average molecular weight is 456 g/mol. The summed E-state index contributed by atoms with van der Waals surface area (Å²) in [6.45, 7) is 6.59. The minimum atomic E-state index is -0.435. The van der Waals surface area contributed by atoms with E-state index in [2.05, 4.69) is 17.1 Å². The van der Waals surface area contributed by atoms with Crippen LogP contribution in [0.1, 0.15) is 70.1 Å². The first-order valence-electron chi connectivity index (χ1n) is 10.6. The fraction of sp³-hybridized carbons (Fsp3) is 0.240. The Bertz CT molecular complexity index is 1330. The molecule has 0 saturated carbocycles. The SMILES string of the molecule is CCn1c(C(=O)N2Cc3ccccc3C2=O)nc(C(C)C)c1Sc1cc(C#N)cc(C#N)c1. The van der Waals surface area contributed by atoms with E-state index in [1.165, 1.54) is 22.7 Å². The summed E-state index contributed by atoms with van der Waals surface area (Å²) in [7, 11) is 0. The summed E-state index contributed by atoms with van der Waals surface area (Å²) in [6, 6.07) is 16.3. The van der Waals surface area contributed by atoms with E-state index in [0.29, 0.717) is 28.1 Å². The van der Waals surface area contributed by atoms with Crippen molar-refractivity contribution >= 4 is 23.6 Å². The number of nitrogens with zero attached hydrogens (tertiary/aromatic N) is 5. The van der Waals surface area contributed by atoms with Crippen molar-refractivity contribution in [1.82, 2.24) is 14.5 Å². The highest BCUT2D eigenvalue weighted by molar-refractivity contribution is 7.99. The molecule has 164 valence electrons. The summed E-state index contributed by atoms with van der Waals surface area (Å²) < 4.78 is 1.81. The number of carbonyl (C=O) groups excluding carboxylic acids is 2. The molecule has 8 heteroatoms. The Morgan fingerprint density at radius 3 is 2.39 bits per heavy atom. The Morgan fingerprint density at radius 2 is 1.82 bits per heavy atom. The van der Waals surface area contributed by atoms with Gasteiger partial charge in [-0.05, 0) is 42.7 Å². The Morgan fingerprint density at radius 1 is 1.15 bits per heavy atom. The molecule has 2 aromatic carbocycles. The monoisotopic (exact) mass is 455 g/mol. The summed E-state index contributed by atoms with van der Waals surface area (Å²) in [5, 5.41) is 19.4. The van der Waals surface area contributed by atoms with Gasteiger partial charge in [-0.1, -0.05) is 43.8 Å². The number of rotatable bonds is 5. The predicted octanol–water partition coefficient (Wildman–Crippen LogP) is 4.72. The number of imide groups is 1. The lowest BCUT2D eigenvalue weighted by atomic mass is 10.1. The van der Waals surface area contributed by atoms with Crippen LogP contribution in [0.3, 0.4) is 0 Å². The van der Waals surface area contributed by atoms with Crippen LogP contribution in [0.2, 0.25) is 0 Å². The van der Waals surface area contributed by atoms with Crippen molar-refractivity contribution in [1.29, 1.82) is 10.5 Å². The second kappa shape index (κ2) is 8.93. The van der Waals surface area contributed by atoms with Crippen LogP contribution in [0.15, 0.2) is 52.4 Å². The summed E-state index contributed by atoms with van der Waals surface area (Å²) in [5.41, 5.74) is 2.87. The molecule has 0 atom stereocenters. The van der Waals surface area contributed by atoms with Crippen molar-refractivity contribution < 1.29 is 9.59 Å². The first kappa shape index (κ1) is 22.3. The van der Waals surface area contributed by atoms with E-state index in [-0.39, 0.29) is 24.2 Å². The molecule has 0 saturated heterocycles. The van der Waals surface area contributed by atoms with E-state index in [0.717, 1.165) is 16.3 Å². The molecular weight excluding hydrogens is 434 g/mol. The van der Waals surface area contributed by atoms with Crippen LogP contribution in [0.4, 0.5) is 0 Å². The second-order valence-electron chi connectivity index (χ2n) is 7.95. The van der Waals surface area contributed by atoms with Gasteiger partial charge in [0.1, 0.15) is 5.03 Å². The van der Waals surface area contributed by atoms with Gasteiger partial charge in [-0.15, -0.1) is 0 Å². The quantitative estimate of drug-likeness (QED) is 0.516. The van der Waals surface area contributed by atoms with Gasteiger partial charge in [-0.3, -0.25) is 14.5 Å². The molecule has 33 heavy (non-hydrogen) atoms. The van der Waals surface area contributed by atoms with E-state index in [9.17, 15) is 20.1 Å². The number of imidazole rings is 1. The summed E-state index contributed by atoms with van der Waals surface area (Å²) in [4.78, 5) is 33.0. The smallest absolute Gasteiger partial charge is 0.297 e. The summed E-state index contributed by atoms with van der Waals surface area (Å²) in [5.74, 6) is -0.521. The van der Waals surface area contributed by atoms with Crippen LogP contribution in [-0.2, 0) is 13.1 Å². The zero-order valence-electron chi connectivity index (χ0n) is 18.5. The van der Waals surface area contributed by atoms with E-state index in [1.54, 1.807) is 24.3 Å². The Labute approximate surface area is 196 Å². The fourth-order valence-corrected chi connectivity index (χ4v) is 5.14. The summed E-state index contributed by atoms with van der Waals surface area (Å²) >= 11 is 1.36. The second-order valence-corrected chi connectivity index (χ2v) is 9.01. The van der Waals surface area contributed by atoms with Gasteiger partial charge in [-0.25, -0.2) is 4.98 Å².